The number of benzene rings is 2. The van der Waals surface area contributed by atoms with Crippen LogP contribution < -0.4 is 4.74 Å². The highest BCUT2D eigenvalue weighted by Gasteiger charge is 2.16. The van der Waals surface area contributed by atoms with Crippen LogP contribution in [-0.4, -0.2) is 25.0 Å². The van der Waals surface area contributed by atoms with Crippen molar-refractivity contribution in [2.45, 2.75) is 6.42 Å². The summed E-state index contributed by atoms with van der Waals surface area (Å²) in [6.07, 6.45) is -1.25. The molecule has 0 spiro atoms. The highest BCUT2D eigenvalue weighted by molar-refractivity contribution is 6.30. The molecule has 0 aromatic heterocycles. The average molecular weight is 325 g/mol. The van der Waals surface area contributed by atoms with E-state index >= 15 is 0 Å². The molecular weight excluding hydrogens is 311 g/mol. The summed E-state index contributed by atoms with van der Waals surface area (Å²) in [5, 5.41) is 8.94. The number of carbonyl (C=O) groups is 1. The second-order valence-corrected chi connectivity index (χ2v) is 4.93. The lowest BCUT2D eigenvalue weighted by Crippen LogP contribution is -2.06. The Morgan fingerprint density at radius 1 is 1.32 bits per heavy atom. The van der Waals surface area contributed by atoms with Gasteiger partial charge in [-0.2, -0.15) is 0 Å². The van der Waals surface area contributed by atoms with Crippen molar-refractivity contribution in [1.29, 1.82) is 0 Å². The highest BCUT2D eigenvalue weighted by atomic mass is 35.5. The van der Waals surface area contributed by atoms with Crippen LogP contribution in [0.25, 0.3) is 11.1 Å². The molecule has 0 atom stereocenters. The Bertz CT molecular complexity index is 688. The van der Waals surface area contributed by atoms with Gasteiger partial charge in [-0.3, -0.25) is 0 Å². The van der Waals surface area contributed by atoms with E-state index in [0.717, 1.165) is 0 Å². The summed E-state index contributed by atoms with van der Waals surface area (Å²) in [6.45, 7) is -0.117. The number of halogens is 2. The zero-order valence-electron chi connectivity index (χ0n) is 11.8. The first-order valence-corrected chi connectivity index (χ1v) is 6.87. The smallest absolute Gasteiger partial charge is 0.496 e. The van der Waals surface area contributed by atoms with Gasteiger partial charge in [0.25, 0.3) is 0 Å². The van der Waals surface area contributed by atoms with Crippen molar-refractivity contribution in [2.75, 3.05) is 13.7 Å². The molecule has 2 aromatic rings. The van der Waals surface area contributed by atoms with E-state index in [1.54, 1.807) is 36.4 Å². The summed E-state index contributed by atoms with van der Waals surface area (Å²) in [5.74, 6) is -0.0988. The van der Waals surface area contributed by atoms with Gasteiger partial charge in [0, 0.05) is 11.4 Å². The normalized spacial score (nSPS) is 10.3. The molecular formula is C16H14ClFO4. The Morgan fingerprint density at radius 2 is 2.09 bits per heavy atom. The Kier molecular flexibility index (Phi) is 5.22. The van der Waals surface area contributed by atoms with Crippen molar-refractivity contribution in [3.63, 3.8) is 0 Å². The minimum atomic E-state index is -1.39. The molecule has 0 unspecified atom stereocenters. The predicted octanol–water partition coefficient (Wildman–Crippen LogP) is 4.39. The summed E-state index contributed by atoms with van der Waals surface area (Å²) >= 11 is 5.95. The van der Waals surface area contributed by atoms with Crippen LogP contribution in [0.2, 0.25) is 5.02 Å². The van der Waals surface area contributed by atoms with Crippen molar-refractivity contribution >= 4 is 17.8 Å². The highest BCUT2D eigenvalue weighted by Crippen LogP contribution is 2.35. The standard InChI is InChI=1S/C16H14ClFO4/c1-21-13-6-5-10(7-8-22-16(19)20)15(18)14(13)11-3-2-4-12(17)9-11/h2-6,9H,7-8H2,1H3,(H,19,20). The lowest BCUT2D eigenvalue weighted by Gasteiger charge is -2.13. The number of ether oxygens (including phenoxy) is 2. The zero-order valence-corrected chi connectivity index (χ0v) is 12.6. The summed E-state index contributed by atoms with van der Waals surface area (Å²) < 4.78 is 24.4. The van der Waals surface area contributed by atoms with Crippen molar-refractivity contribution in [3.8, 4) is 16.9 Å². The molecule has 0 aliphatic rings. The van der Waals surface area contributed by atoms with Gasteiger partial charge in [0.2, 0.25) is 0 Å². The maximum atomic E-state index is 14.7. The van der Waals surface area contributed by atoms with E-state index in [0.29, 0.717) is 21.9 Å². The van der Waals surface area contributed by atoms with Crippen molar-refractivity contribution in [2.24, 2.45) is 0 Å². The number of rotatable bonds is 5. The fraction of sp³-hybridized carbons (Fsp3) is 0.188. The molecule has 0 heterocycles. The molecule has 0 aliphatic heterocycles. The number of carboxylic acid groups (broad SMARTS) is 1. The quantitative estimate of drug-likeness (QED) is 0.829. The monoisotopic (exact) mass is 324 g/mol. The van der Waals surface area contributed by atoms with Gasteiger partial charge in [-0.15, -0.1) is 0 Å². The zero-order chi connectivity index (χ0) is 16.1. The van der Waals surface area contributed by atoms with Gasteiger partial charge in [0.1, 0.15) is 11.6 Å². The average Bonchev–Trinajstić information content (AvgIpc) is 2.48. The van der Waals surface area contributed by atoms with Gasteiger partial charge in [0.15, 0.2) is 0 Å². The molecule has 4 nitrogen and oxygen atoms in total. The van der Waals surface area contributed by atoms with Crippen LogP contribution in [0.5, 0.6) is 5.75 Å². The summed E-state index contributed by atoms with van der Waals surface area (Å²) in [7, 11) is 1.45. The van der Waals surface area contributed by atoms with Gasteiger partial charge in [-0.05, 0) is 29.3 Å². The fourth-order valence-corrected chi connectivity index (χ4v) is 2.32. The topological polar surface area (TPSA) is 55.8 Å². The van der Waals surface area contributed by atoms with Gasteiger partial charge >= 0.3 is 6.16 Å². The molecule has 116 valence electrons. The van der Waals surface area contributed by atoms with E-state index in [2.05, 4.69) is 4.74 Å². The molecule has 0 amide bonds. The fourth-order valence-electron chi connectivity index (χ4n) is 2.13. The summed E-state index contributed by atoms with van der Waals surface area (Å²) in [4.78, 5) is 10.4. The molecule has 0 saturated carbocycles. The largest absolute Gasteiger partial charge is 0.505 e. The first-order valence-electron chi connectivity index (χ1n) is 6.50. The molecule has 0 radical (unpaired) electrons. The van der Waals surface area contributed by atoms with E-state index in [1.807, 2.05) is 0 Å². The van der Waals surface area contributed by atoms with E-state index in [-0.39, 0.29) is 18.6 Å². The number of methoxy groups -OCH3 is 1. The van der Waals surface area contributed by atoms with Crippen LogP contribution in [0, 0.1) is 5.82 Å². The predicted molar refractivity (Wildman–Crippen MR) is 81.1 cm³/mol. The van der Waals surface area contributed by atoms with Crippen molar-refractivity contribution < 1.29 is 23.8 Å². The van der Waals surface area contributed by atoms with Gasteiger partial charge in [-0.1, -0.05) is 29.8 Å². The minimum Gasteiger partial charge on any atom is -0.496 e. The van der Waals surface area contributed by atoms with Crippen LogP contribution in [0.1, 0.15) is 5.56 Å². The first-order chi connectivity index (χ1) is 10.5. The third-order valence-corrected chi connectivity index (χ3v) is 3.35. The second kappa shape index (κ2) is 7.13. The van der Waals surface area contributed by atoms with Crippen LogP contribution in [-0.2, 0) is 11.2 Å². The maximum Gasteiger partial charge on any atom is 0.505 e. The van der Waals surface area contributed by atoms with E-state index < -0.39 is 12.0 Å². The summed E-state index contributed by atoms with van der Waals surface area (Å²) in [6, 6.07) is 9.96. The molecule has 0 saturated heterocycles. The lowest BCUT2D eigenvalue weighted by molar-refractivity contribution is 0.0925. The van der Waals surface area contributed by atoms with E-state index in [9.17, 15) is 9.18 Å². The van der Waals surface area contributed by atoms with Crippen LogP contribution in [0.4, 0.5) is 9.18 Å². The molecule has 0 fully saturated rings. The second-order valence-electron chi connectivity index (χ2n) is 4.49. The minimum absolute atomic E-state index is 0.117. The number of hydrogen-bond donors (Lipinski definition) is 1. The molecule has 22 heavy (non-hydrogen) atoms. The van der Waals surface area contributed by atoms with Gasteiger partial charge in [0.05, 0.1) is 19.3 Å². The maximum absolute atomic E-state index is 14.7. The van der Waals surface area contributed by atoms with Crippen molar-refractivity contribution in [3.05, 3.63) is 52.8 Å². The molecule has 2 rings (SSSR count). The first kappa shape index (κ1) is 16.1. The Hall–Kier alpha value is -2.27. The van der Waals surface area contributed by atoms with E-state index in [4.69, 9.17) is 21.4 Å². The van der Waals surface area contributed by atoms with E-state index in [1.165, 1.54) is 7.11 Å². The Balaban J connectivity index is 2.40. The third-order valence-electron chi connectivity index (χ3n) is 3.11. The molecule has 0 bridgehead atoms. The Morgan fingerprint density at radius 3 is 2.73 bits per heavy atom. The van der Waals surface area contributed by atoms with Crippen LogP contribution >= 0.6 is 11.6 Å². The summed E-state index contributed by atoms with van der Waals surface area (Å²) in [5.41, 5.74) is 1.22. The van der Waals surface area contributed by atoms with Crippen LogP contribution in [0.3, 0.4) is 0 Å². The van der Waals surface area contributed by atoms with Crippen molar-refractivity contribution in [1.82, 2.24) is 0 Å². The van der Waals surface area contributed by atoms with Crippen LogP contribution in [0.15, 0.2) is 36.4 Å². The SMILES string of the molecule is COc1ccc(CCOC(=O)O)c(F)c1-c1cccc(Cl)c1. The number of hydrogen-bond acceptors (Lipinski definition) is 3. The Labute approximate surface area is 132 Å². The molecule has 6 heteroatoms. The third kappa shape index (κ3) is 3.68. The molecule has 2 aromatic carbocycles. The molecule has 1 N–H and O–H groups in total. The molecule has 0 aliphatic carbocycles. The lowest BCUT2D eigenvalue weighted by atomic mass is 9.99. The van der Waals surface area contributed by atoms with Gasteiger partial charge < -0.3 is 14.6 Å². The van der Waals surface area contributed by atoms with Gasteiger partial charge in [-0.25, -0.2) is 9.18 Å².